The van der Waals surface area contributed by atoms with Gasteiger partial charge in [-0.2, -0.15) is 4.98 Å². The number of sulfonamides is 1. The van der Waals surface area contributed by atoms with Gasteiger partial charge in [-0.15, -0.1) is 0 Å². The van der Waals surface area contributed by atoms with E-state index in [0.717, 1.165) is 25.9 Å². The van der Waals surface area contributed by atoms with E-state index >= 15 is 0 Å². The maximum Gasteiger partial charge on any atom is 0.238 e. The number of nitrogens with two attached hydrogens (primary N) is 1. The summed E-state index contributed by atoms with van der Waals surface area (Å²) in [6.07, 6.45) is 1.93. The number of ether oxygens (including phenoxy) is 1. The molecule has 0 spiro atoms. The molecule has 0 amide bonds. The SMILES string of the molecule is NS(=O)(=O)c1ccc(OCCN2CCCC(c3nc(-c4cccc(F)c4)no3)C2)cc1. The number of hydrogen-bond donors (Lipinski definition) is 1. The van der Waals surface area contributed by atoms with E-state index in [0.29, 0.717) is 36.2 Å². The van der Waals surface area contributed by atoms with Crippen LogP contribution in [0.2, 0.25) is 0 Å². The Morgan fingerprint density at radius 2 is 2.03 bits per heavy atom. The fourth-order valence-electron chi connectivity index (χ4n) is 3.62. The number of benzene rings is 2. The zero-order chi connectivity index (χ0) is 21.8. The fourth-order valence-corrected chi connectivity index (χ4v) is 4.14. The van der Waals surface area contributed by atoms with E-state index in [9.17, 15) is 12.8 Å². The van der Waals surface area contributed by atoms with Gasteiger partial charge in [-0.1, -0.05) is 17.3 Å². The average molecular weight is 447 g/mol. The first kappa shape index (κ1) is 21.4. The van der Waals surface area contributed by atoms with E-state index < -0.39 is 10.0 Å². The minimum atomic E-state index is -3.71. The molecular formula is C21H23FN4O4S. The summed E-state index contributed by atoms with van der Waals surface area (Å²) >= 11 is 0. The van der Waals surface area contributed by atoms with Gasteiger partial charge in [0.25, 0.3) is 0 Å². The smallest absolute Gasteiger partial charge is 0.238 e. The van der Waals surface area contributed by atoms with Crippen LogP contribution >= 0.6 is 0 Å². The lowest BCUT2D eigenvalue weighted by molar-refractivity contribution is 0.157. The number of primary sulfonamides is 1. The standard InChI is InChI=1S/C21H23FN4O4S/c22-17-5-1-3-15(13-17)20-24-21(30-25-20)16-4-2-10-26(14-16)11-12-29-18-6-8-19(9-7-18)31(23,27)28/h1,3,5-9,13,16H,2,4,10-12,14H2,(H2,23,27,28). The van der Waals surface area contributed by atoms with Gasteiger partial charge in [0.1, 0.15) is 18.2 Å². The van der Waals surface area contributed by atoms with Crippen LogP contribution < -0.4 is 9.88 Å². The third-order valence-electron chi connectivity index (χ3n) is 5.21. The molecule has 0 bridgehead atoms. The quantitative estimate of drug-likeness (QED) is 0.594. The highest BCUT2D eigenvalue weighted by Crippen LogP contribution is 2.27. The van der Waals surface area contributed by atoms with E-state index in [1.807, 2.05) is 0 Å². The molecule has 1 aromatic heterocycles. The summed E-state index contributed by atoms with van der Waals surface area (Å²) in [5, 5.41) is 9.10. The molecule has 1 saturated heterocycles. The van der Waals surface area contributed by atoms with Gasteiger partial charge in [0.15, 0.2) is 0 Å². The van der Waals surface area contributed by atoms with Crippen molar-refractivity contribution in [2.75, 3.05) is 26.2 Å². The average Bonchev–Trinajstić information content (AvgIpc) is 3.24. The number of likely N-dealkylation sites (tertiary alicyclic amines) is 1. The van der Waals surface area contributed by atoms with E-state index in [2.05, 4.69) is 15.0 Å². The predicted molar refractivity (Wildman–Crippen MR) is 111 cm³/mol. The molecule has 3 aromatic rings. The van der Waals surface area contributed by atoms with E-state index in [1.165, 1.54) is 24.3 Å². The summed E-state index contributed by atoms with van der Waals surface area (Å²) in [7, 11) is -3.71. The lowest BCUT2D eigenvalue weighted by Crippen LogP contribution is -2.37. The maximum atomic E-state index is 13.4. The summed E-state index contributed by atoms with van der Waals surface area (Å²) in [4.78, 5) is 6.79. The molecule has 2 N–H and O–H groups in total. The Morgan fingerprint density at radius 3 is 2.77 bits per heavy atom. The number of rotatable bonds is 7. The van der Waals surface area contributed by atoms with Crippen molar-refractivity contribution < 1.29 is 22.1 Å². The molecule has 0 radical (unpaired) electrons. The molecular weight excluding hydrogens is 423 g/mol. The third kappa shape index (κ3) is 5.46. The van der Waals surface area contributed by atoms with Gasteiger partial charge in [0.2, 0.25) is 21.7 Å². The zero-order valence-electron chi connectivity index (χ0n) is 16.8. The highest BCUT2D eigenvalue weighted by Gasteiger charge is 2.26. The largest absolute Gasteiger partial charge is 0.492 e. The van der Waals surface area contributed by atoms with Crippen molar-refractivity contribution in [3.05, 3.63) is 60.2 Å². The zero-order valence-corrected chi connectivity index (χ0v) is 17.6. The highest BCUT2D eigenvalue weighted by molar-refractivity contribution is 7.89. The number of hydrogen-bond acceptors (Lipinski definition) is 7. The first-order valence-electron chi connectivity index (χ1n) is 9.96. The van der Waals surface area contributed by atoms with Crippen LogP contribution in [0, 0.1) is 5.82 Å². The lowest BCUT2D eigenvalue weighted by atomic mass is 9.98. The van der Waals surface area contributed by atoms with Crippen LogP contribution in [0.1, 0.15) is 24.7 Å². The van der Waals surface area contributed by atoms with E-state index in [4.69, 9.17) is 14.4 Å². The Bertz CT molecular complexity index is 1130. The summed E-state index contributed by atoms with van der Waals surface area (Å²) in [5.41, 5.74) is 0.588. The van der Waals surface area contributed by atoms with Crippen LogP contribution in [0.25, 0.3) is 11.4 Å². The van der Waals surface area contributed by atoms with Gasteiger partial charge in [-0.3, -0.25) is 4.90 Å². The summed E-state index contributed by atoms with van der Waals surface area (Å²) in [5.74, 6) is 1.29. The normalized spacial score (nSPS) is 17.5. The van der Waals surface area contributed by atoms with Crippen LogP contribution in [-0.2, 0) is 10.0 Å². The molecule has 10 heteroatoms. The molecule has 8 nitrogen and oxygen atoms in total. The fraction of sp³-hybridized carbons (Fsp3) is 0.333. The van der Waals surface area contributed by atoms with Gasteiger partial charge >= 0.3 is 0 Å². The Kier molecular flexibility index (Phi) is 6.30. The maximum absolute atomic E-state index is 13.4. The summed E-state index contributed by atoms with van der Waals surface area (Å²) in [6, 6.07) is 12.1. The molecule has 2 aromatic carbocycles. The number of halogens is 1. The highest BCUT2D eigenvalue weighted by atomic mass is 32.2. The second-order valence-corrected chi connectivity index (χ2v) is 9.03. The number of nitrogens with zero attached hydrogens (tertiary/aromatic N) is 3. The second kappa shape index (κ2) is 9.13. The van der Waals surface area contributed by atoms with Gasteiger partial charge in [-0.05, 0) is 55.8 Å². The minimum absolute atomic E-state index is 0.0518. The molecule has 1 fully saturated rings. The monoisotopic (exact) mass is 446 g/mol. The number of piperidine rings is 1. The molecule has 0 aliphatic carbocycles. The molecule has 2 heterocycles. The Balaban J connectivity index is 1.31. The first-order valence-corrected chi connectivity index (χ1v) is 11.5. The predicted octanol–water partition coefficient (Wildman–Crippen LogP) is 2.78. The van der Waals surface area contributed by atoms with Gasteiger partial charge in [-0.25, -0.2) is 17.9 Å². The van der Waals surface area contributed by atoms with Gasteiger partial charge < -0.3 is 9.26 Å². The van der Waals surface area contributed by atoms with Gasteiger partial charge in [0.05, 0.1) is 10.8 Å². The van der Waals surface area contributed by atoms with Crippen molar-refractivity contribution in [3.63, 3.8) is 0 Å². The molecule has 164 valence electrons. The Hall–Kier alpha value is -2.82. The van der Waals surface area contributed by atoms with E-state index in [-0.39, 0.29) is 16.6 Å². The van der Waals surface area contributed by atoms with Crippen molar-refractivity contribution in [1.82, 2.24) is 15.0 Å². The van der Waals surface area contributed by atoms with Crippen LogP contribution in [-0.4, -0.2) is 49.7 Å². The Morgan fingerprint density at radius 1 is 1.23 bits per heavy atom. The Labute approximate surface area is 179 Å². The second-order valence-electron chi connectivity index (χ2n) is 7.47. The molecule has 0 saturated carbocycles. The lowest BCUT2D eigenvalue weighted by Gasteiger charge is -2.30. The van der Waals surface area contributed by atoms with Crippen molar-refractivity contribution in [3.8, 4) is 17.1 Å². The molecule has 1 unspecified atom stereocenters. The first-order chi connectivity index (χ1) is 14.9. The molecule has 1 aliphatic rings. The summed E-state index contributed by atoms with van der Waals surface area (Å²) in [6.45, 7) is 2.87. The van der Waals surface area contributed by atoms with E-state index in [1.54, 1.807) is 24.3 Å². The van der Waals surface area contributed by atoms with Crippen molar-refractivity contribution >= 4 is 10.0 Å². The van der Waals surface area contributed by atoms with Crippen LogP contribution in [0.3, 0.4) is 0 Å². The molecule has 1 atom stereocenters. The molecule has 31 heavy (non-hydrogen) atoms. The van der Waals surface area contributed by atoms with Crippen LogP contribution in [0.15, 0.2) is 57.9 Å². The number of aromatic nitrogens is 2. The van der Waals surface area contributed by atoms with Gasteiger partial charge in [0, 0.05) is 18.7 Å². The van der Waals surface area contributed by atoms with Crippen LogP contribution in [0.4, 0.5) is 4.39 Å². The third-order valence-corrected chi connectivity index (χ3v) is 6.14. The minimum Gasteiger partial charge on any atom is -0.492 e. The topological polar surface area (TPSA) is 112 Å². The van der Waals surface area contributed by atoms with Crippen molar-refractivity contribution in [2.45, 2.75) is 23.7 Å². The molecule has 1 aliphatic heterocycles. The summed E-state index contributed by atoms with van der Waals surface area (Å²) < 4.78 is 47.2. The van der Waals surface area contributed by atoms with Crippen LogP contribution in [0.5, 0.6) is 5.75 Å². The van der Waals surface area contributed by atoms with Crippen molar-refractivity contribution in [2.24, 2.45) is 5.14 Å². The van der Waals surface area contributed by atoms with Crippen molar-refractivity contribution in [1.29, 1.82) is 0 Å². The molecule has 4 rings (SSSR count).